The molecule has 1 aliphatic rings. The Morgan fingerprint density at radius 2 is 2.07 bits per heavy atom. The first-order valence-electron chi connectivity index (χ1n) is 9.30. The molecule has 0 bridgehead atoms. The van der Waals surface area contributed by atoms with Crippen LogP contribution in [0.3, 0.4) is 0 Å². The molecule has 0 aliphatic carbocycles. The number of likely N-dealkylation sites (tertiary alicyclic amines) is 1. The third kappa shape index (κ3) is 3.66. The van der Waals surface area contributed by atoms with Crippen molar-refractivity contribution in [3.63, 3.8) is 0 Å². The largest absolute Gasteiger partial charge is 0.368 e. The summed E-state index contributed by atoms with van der Waals surface area (Å²) in [6.45, 7) is 1.38. The first-order valence-corrected chi connectivity index (χ1v) is 9.30. The van der Waals surface area contributed by atoms with E-state index in [-0.39, 0.29) is 18.4 Å². The Balaban J connectivity index is 1.52. The lowest BCUT2D eigenvalue weighted by atomic mass is 9.96. The number of hydrogen-bond acceptors (Lipinski definition) is 4. The standard InChI is InChI=1S/C20H22N6O2/c21-18(27)14-24-11-8-22-19(24)16-5-2-9-25(13-16)20(28)15-4-1-6-17(12-15)26-10-3-7-23-26/h1,3-4,6-8,10-12,16H,2,5,9,13-14H2,(H2,21,27). The molecule has 2 aromatic heterocycles. The van der Waals surface area contributed by atoms with E-state index in [9.17, 15) is 9.59 Å². The predicted molar refractivity (Wildman–Crippen MR) is 103 cm³/mol. The van der Waals surface area contributed by atoms with Gasteiger partial charge < -0.3 is 15.2 Å². The second-order valence-electron chi connectivity index (χ2n) is 6.97. The predicted octanol–water partition coefficient (Wildman–Crippen LogP) is 1.57. The van der Waals surface area contributed by atoms with Crippen molar-refractivity contribution >= 4 is 11.8 Å². The number of amides is 2. The molecule has 1 fully saturated rings. The summed E-state index contributed by atoms with van der Waals surface area (Å²) in [7, 11) is 0. The number of aromatic nitrogens is 4. The fourth-order valence-corrected chi connectivity index (χ4v) is 3.74. The highest BCUT2D eigenvalue weighted by molar-refractivity contribution is 5.94. The Kier molecular flexibility index (Phi) is 4.92. The number of imidazole rings is 1. The van der Waals surface area contributed by atoms with Crippen LogP contribution in [-0.2, 0) is 11.3 Å². The summed E-state index contributed by atoms with van der Waals surface area (Å²) in [5.41, 5.74) is 6.81. The van der Waals surface area contributed by atoms with Crippen LogP contribution >= 0.6 is 0 Å². The minimum atomic E-state index is -0.404. The second-order valence-corrected chi connectivity index (χ2v) is 6.97. The van der Waals surface area contributed by atoms with Crippen molar-refractivity contribution in [2.24, 2.45) is 5.73 Å². The highest BCUT2D eigenvalue weighted by Crippen LogP contribution is 2.27. The van der Waals surface area contributed by atoms with Gasteiger partial charge in [0.2, 0.25) is 5.91 Å². The van der Waals surface area contributed by atoms with Crippen molar-refractivity contribution < 1.29 is 9.59 Å². The molecule has 2 N–H and O–H groups in total. The molecule has 8 nitrogen and oxygen atoms in total. The van der Waals surface area contributed by atoms with Crippen molar-refractivity contribution in [2.75, 3.05) is 13.1 Å². The number of benzene rings is 1. The molecule has 2 amide bonds. The number of primary amides is 1. The van der Waals surface area contributed by atoms with Gasteiger partial charge in [-0.2, -0.15) is 5.10 Å². The van der Waals surface area contributed by atoms with Crippen LogP contribution in [0, 0.1) is 0 Å². The maximum Gasteiger partial charge on any atom is 0.253 e. The van der Waals surface area contributed by atoms with Gasteiger partial charge in [-0.1, -0.05) is 6.07 Å². The van der Waals surface area contributed by atoms with E-state index in [0.29, 0.717) is 18.7 Å². The maximum atomic E-state index is 13.1. The number of carbonyl (C=O) groups excluding carboxylic acids is 2. The second kappa shape index (κ2) is 7.67. The summed E-state index contributed by atoms with van der Waals surface area (Å²) in [5.74, 6) is 0.480. The molecule has 0 saturated carbocycles. The third-order valence-corrected chi connectivity index (χ3v) is 5.01. The number of rotatable bonds is 5. The van der Waals surface area contributed by atoms with Gasteiger partial charge in [-0.15, -0.1) is 0 Å². The van der Waals surface area contributed by atoms with E-state index in [2.05, 4.69) is 10.1 Å². The molecule has 3 heterocycles. The van der Waals surface area contributed by atoms with Crippen LogP contribution in [0.1, 0.15) is 34.9 Å². The zero-order valence-electron chi connectivity index (χ0n) is 15.4. The number of nitrogens with zero attached hydrogens (tertiary/aromatic N) is 5. The van der Waals surface area contributed by atoms with E-state index in [0.717, 1.165) is 24.4 Å². The smallest absolute Gasteiger partial charge is 0.253 e. The number of piperidine rings is 1. The average Bonchev–Trinajstić information content (AvgIpc) is 3.39. The van der Waals surface area contributed by atoms with Gasteiger partial charge in [0.15, 0.2) is 0 Å². The molecule has 8 heteroatoms. The molecule has 0 spiro atoms. The third-order valence-electron chi connectivity index (χ3n) is 5.01. The topological polar surface area (TPSA) is 99.0 Å². The van der Waals surface area contributed by atoms with Gasteiger partial charge in [0.25, 0.3) is 5.91 Å². The maximum absolute atomic E-state index is 13.1. The number of hydrogen-bond donors (Lipinski definition) is 1. The molecule has 1 saturated heterocycles. The zero-order valence-corrected chi connectivity index (χ0v) is 15.4. The molecule has 1 atom stereocenters. The summed E-state index contributed by atoms with van der Waals surface area (Å²) < 4.78 is 3.51. The molecular weight excluding hydrogens is 356 g/mol. The van der Waals surface area contributed by atoms with Crippen LogP contribution in [0.2, 0.25) is 0 Å². The molecule has 1 unspecified atom stereocenters. The fraction of sp³-hybridized carbons (Fsp3) is 0.300. The van der Waals surface area contributed by atoms with Gasteiger partial charge in [0, 0.05) is 49.4 Å². The van der Waals surface area contributed by atoms with Crippen LogP contribution in [0.4, 0.5) is 0 Å². The normalized spacial score (nSPS) is 16.9. The van der Waals surface area contributed by atoms with Gasteiger partial charge in [-0.05, 0) is 37.1 Å². The molecule has 144 valence electrons. The van der Waals surface area contributed by atoms with E-state index in [1.807, 2.05) is 41.4 Å². The SMILES string of the molecule is NC(=O)Cn1ccnc1C1CCCN(C(=O)c2cccc(-n3cccn3)c2)C1. The fourth-order valence-electron chi connectivity index (χ4n) is 3.74. The Hall–Kier alpha value is -3.42. The van der Waals surface area contributed by atoms with Crippen LogP contribution in [0.15, 0.2) is 55.1 Å². The molecule has 4 rings (SSSR count). The van der Waals surface area contributed by atoms with E-state index in [1.165, 1.54) is 0 Å². The van der Waals surface area contributed by atoms with Crippen molar-refractivity contribution in [1.29, 1.82) is 0 Å². The van der Waals surface area contributed by atoms with E-state index in [4.69, 9.17) is 5.73 Å². The molecule has 0 radical (unpaired) electrons. The van der Waals surface area contributed by atoms with Gasteiger partial charge in [-0.3, -0.25) is 9.59 Å². The van der Waals surface area contributed by atoms with Gasteiger partial charge in [0.1, 0.15) is 12.4 Å². The number of nitrogens with two attached hydrogens (primary N) is 1. The highest BCUT2D eigenvalue weighted by atomic mass is 16.2. The van der Waals surface area contributed by atoms with Crippen LogP contribution in [0.25, 0.3) is 5.69 Å². The monoisotopic (exact) mass is 378 g/mol. The van der Waals surface area contributed by atoms with E-state index in [1.54, 1.807) is 27.8 Å². The molecule has 1 aliphatic heterocycles. The van der Waals surface area contributed by atoms with Crippen LogP contribution in [-0.4, -0.2) is 49.1 Å². The van der Waals surface area contributed by atoms with Gasteiger partial charge >= 0.3 is 0 Å². The van der Waals surface area contributed by atoms with E-state index < -0.39 is 5.91 Å². The lowest BCUT2D eigenvalue weighted by molar-refractivity contribution is -0.118. The Morgan fingerprint density at radius 3 is 2.86 bits per heavy atom. The zero-order chi connectivity index (χ0) is 19.5. The molecule has 3 aromatic rings. The quantitative estimate of drug-likeness (QED) is 0.728. The highest BCUT2D eigenvalue weighted by Gasteiger charge is 2.28. The summed E-state index contributed by atoms with van der Waals surface area (Å²) in [5, 5.41) is 4.22. The van der Waals surface area contributed by atoms with Crippen molar-refractivity contribution in [2.45, 2.75) is 25.3 Å². The summed E-state index contributed by atoms with van der Waals surface area (Å²) in [6.07, 6.45) is 8.80. The van der Waals surface area contributed by atoms with E-state index >= 15 is 0 Å². The van der Waals surface area contributed by atoms with Gasteiger partial charge in [0.05, 0.1) is 5.69 Å². The first-order chi connectivity index (χ1) is 13.6. The minimum Gasteiger partial charge on any atom is -0.368 e. The summed E-state index contributed by atoms with van der Waals surface area (Å²) in [6, 6.07) is 9.31. The Bertz CT molecular complexity index is 978. The lowest BCUT2D eigenvalue weighted by Crippen LogP contribution is -2.40. The lowest BCUT2D eigenvalue weighted by Gasteiger charge is -2.32. The molecular formula is C20H22N6O2. The minimum absolute atomic E-state index is 0.00767. The molecule has 28 heavy (non-hydrogen) atoms. The van der Waals surface area contributed by atoms with Crippen molar-refractivity contribution in [1.82, 2.24) is 24.2 Å². The van der Waals surface area contributed by atoms with Crippen molar-refractivity contribution in [3.8, 4) is 5.69 Å². The summed E-state index contributed by atoms with van der Waals surface area (Å²) in [4.78, 5) is 30.7. The van der Waals surface area contributed by atoms with Crippen molar-refractivity contribution in [3.05, 3.63) is 66.5 Å². The van der Waals surface area contributed by atoms with Crippen LogP contribution in [0.5, 0.6) is 0 Å². The number of carbonyl (C=O) groups is 2. The average molecular weight is 378 g/mol. The first kappa shape index (κ1) is 18.0. The van der Waals surface area contributed by atoms with Gasteiger partial charge in [-0.25, -0.2) is 9.67 Å². The van der Waals surface area contributed by atoms with Crippen LogP contribution < -0.4 is 5.73 Å². The summed E-state index contributed by atoms with van der Waals surface area (Å²) >= 11 is 0. The Morgan fingerprint density at radius 1 is 1.18 bits per heavy atom. The Labute approximate surface area is 162 Å². The molecule has 1 aromatic carbocycles.